The van der Waals surface area contributed by atoms with Gasteiger partial charge in [0.1, 0.15) is 0 Å². The Labute approximate surface area is 92.1 Å². The molecule has 1 aromatic heterocycles. The Hall–Kier alpha value is -2.30. The average Bonchev–Trinajstić information content (AvgIpc) is 2.64. The Balaban J connectivity index is 2.63. The van der Waals surface area contributed by atoms with Gasteiger partial charge in [-0.2, -0.15) is 5.10 Å². The summed E-state index contributed by atoms with van der Waals surface area (Å²) in [7, 11) is 1.78. The summed E-state index contributed by atoms with van der Waals surface area (Å²) in [5, 5.41) is 13.0. The summed E-state index contributed by atoms with van der Waals surface area (Å²) in [4.78, 5) is 10.9. The van der Waals surface area contributed by atoms with Gasteiger partial charge in [0.25, 0.3) is 0 Å². The van der Waals surface area contributed by atoms with E-state index in [4.69, 9.17) is 10.8 Å². The number of aromatic carboxylic acids is 1. The van der Waals surface area contributed by atoms with E-state index in [-0.39, 0.29) is 11.3 Å². The van der Waals surface area contributed by atoms with Gasteiger partial charge in [-0.1, -0.05) is 12.1 Å². The second-order valence-electron chi connectivity index (χ2n) is 3.41. The Bertz CT molecular complexity index is 546. The quantitative estimate of drug-likeness (QED) is 0.744. The molecule has 0 aliphatic heterocycles. The highest BCUT2D eigenvalue weighted by Crippen LogP contribution is 2.27. The number of nitrogen functional groups attached to an aromatic ring is 1. The van der Waals surface area contributed by atoms with Crippen molar-refractivity contribution in [1.29, 1.82) is 0 Å². The first-order chi connectivity index (χ1) is 7.61. The highest BCUT2D eigenvalue weighted by molar-refractivity contribution is 5.97. The van der Waals surface area contributed by atoms with Crippen LogP contribution in [0.4, 0.5) is 5.69 Å². The normalized spacial score (nSPS) is 10.3. The fraction of sp³-hybridized carbons (Fsp3) is 0.0909. The topological polar surface area (TPSA) is 81.1 Å². The SMILES string of the molecule is Cn1nccc1-c1cccc(C(=O)O)c1N. The van der Waals surface area contributed by atoms with Gasteiger partial charge in [0.2, 0.25) is 0 Å². The summed E-state index contributed by atoms with van der Waals surface area (Å²) < 4.78 is 1.65. The molecule has 5 heteroatoms. The molecule has 0 bridgehead atoms. The fourth-order valence-corrected chi connectivity index (χ4v) is 1.61. The number of nitrogens with two attached hydrogens (primary N) is 1. The molecule has 5 nitrogen and oxygen atoms in total. The van der Waals surface area contributed by atoms with Gasteiger partial charge < -0.3 is 10.8 Å². The molecule has 0 amide bonds. The number of carboxylic acid groups (broad SMARTS) is 1. The van der Waals surface area contributed by atoms with E-state index in [1.54, 1.807) is 36.1 Å². The molecule has 82 valence electrons. The van der Waals surface area contributed by atoms with Crippen LogP contribution < -0.4 is 5.73 Å². The number of aromatic nitrogens is 2. The van der Waals surface area contributed by atoms with Crippen molar-refractivity contribution in [3.63, 3.8) is 0 Å². The Kier molecular flexibility index (Phi) is 2.36. The summed E-state index contributed by atoms with van der Waals surface area (Å²) in [5.74, 6) is -1.03. The smallest absolute Gasteiger partial charge is 0.337 e. The van der Waals surface area contributed by atoms with E-state index in [9.17, 15) is 4.79 Å². The zero-order chi connectivity index (χ0) is 11.7. The van der Waals surface area contributed by atoms with Crippen LogP contribution in [0.15, 0.2) is 30.5 Å². The number of rotatable bonds is 2. The van der Waals surface area contributed by atoms with Gasteiger partial charge in [-0.25, -0.2) is 4.79 Å². The van der Waals surface area contributed by atoms with E-state index in [1.165, 1.54) is 6.07 Å². The second-order valence-corrected chi connectivity index (χ2v) is 3.41. The fourth-order valence-electron chi connectivity index (χ4n) is 1.61. The van der Waals surface area contributed by atoms with Crippen molar-refractivity contribution < 1.29 is 9.90 Å². The van der Waals surface area contributed by atoms with Crippen molar-refractivity contribution in [1.82, 2.24) is 9.78 Å². The number of carboxylic acids is 1. The standard InChI is InChI=1S/C11H11N3O2/c1-14-9(5-6-13-14)7-3-2-4-8(10(7)12)11(15)16/h2-6H,12H2,1H3,(H,15,16). The first-order valence-corrected chi connectivity index (χ1v) is 4.71. The lowest BCUT2D eigenvalue weighted by molar-refractivity contribution is 0.0698. The minimum atomic E-state index is -1.03. The molecule has 0 atom stereocenters. The van der Waals surface area contributed by atoms with Gasteiger partial charge in [0, 0.05) is 18.8 Å². The minimum Gasteiger partial charge on any atom is -0.478 e. The van der Waals surface area contributed by atoms with Crippen LogP contribution >= 0.6 is 0 Å². The number of aryl methyl sites for hydroxylation is 1. The van der Waals surface area contributed by atoms with Crippen LogP contribution in [0.5, 0.6) is 0 Å². The number of hydrogen-bond donors (Lipinski definition) is 2. The summed E-state index contributed by atoms with van der Waals surface area (Å²) in [5.41, 5.74) is 7.67. The van der Waals surface area contributed by atoms with E-state index in [1.807, 2.05) is 0 Å². The van der Waals surface area contributed by atoms with Gasteiger partial charge in [0.05, 0.1) is 16.9 Å². The van der Waals surface area contributed by atoms with Crippen molar-refractivity contribution in [2.45, 2.75) is 0 Å². The van der Waals surface area contributed by atoms with E-state index < -0.39 is 5.97 Å². The third kappa shape index (κ3) is 1.52. The van der Waals surface area contributed by atoms with Crippen LogP contribution in [0.25, 0.3) is 11.3 Å². The zero-order valence-corrected chi connectivity index (χ0v) is 8.71. The number of nitrogens with zero attached hydrogens (tertiary/aromatic N) is 2. The van der Waals surface area contributed by atoms with Crippen LogP contribution in [-0.2, 0) is 7.05 Å². The molecule has 0 saturated carbocycles. The molecule has 1 heterocycles. The van der Waals surface area contributed by atoms with Crippen molar-refractivity contribution in [3.8, 4) is 11.3 Å². The van der Waals surface area contributed by atoms with E-state index in [2.05, 4.69) is 5.10 Å². The molecule has 0 radical (unpaired) electrons. The molecular weight excluding hydrogens is 206 g/mol. The molecule has 0 unspecified atom stereocenters. The van der Waals surface area contributed by atoms with Gasteiger partial charge >= 0.3 is 5.97 Å². The Morgan fingerprint density at radius 1 is 1.44 bits per heavy atom. The third-order valence-electron chi connectivity index (χ3n) is 2.43. The lowest BCUT2D eigenvalue weighted by Gasteiger charge is -2.08. The number of benzene rings is 1. The van der Waals surface area contributed by atoms with Gasteiger partial charge in [0.15, 0.2) is 0 Å². The Morgan fingerprint density at radius 2 is 2.19 bits per heavy atom. The maximum Gasteiger partial charge on any atom is 0.337 e. The monoisotopic (exact) mass is 217 g/mol. The zero-order valence-electron chi connectivity index (χ0n) is 8.71. The number of carbonyl (C=O) groups is 1. The maximum absolute atomic E-state index is 10.9. The summed E-state index contributed by atoms with van der Waals surface area (Å²) in [6, 6.07) is 6.72. The maximum atomic E-state index is 10.9. The van der Waals surface area contributed by atoms with E-state index >= 15 is 0 Å². The lowest BCUT2D eigenvalue weighted by Crippen LogP contribution is -2.05. The predicted octanol–water partition coefficient (Wildman–Crippen LogP) is 1.37. The molecule has 1 aromatic carbocycles. The molecule has 0 fully saturated rings. The summed E-state index contributed by atoms with van der Waals surface area (Å²) in [6.45, 7) is 0. The molecule has 0 aliphatic rings. The van der Waals surface area contributed by atoms with Gasteiger partial charge in [-0.3, -0.25) is 4.68 Å². The van der Waals surface area contributed by atoms with Crippen molar-refractivity contribution in [3.05, 3.63) is 36.0 Å². The second kappa shape index (κ2) is 3.69. The molecule has 16 heavy (non-hydrogen) atoms. The van der Waals surface area contributed by atoms with Crippen LogP contribution in [0.2, 0.25) is 0 Å². The van der Waals surface area contributed by atoms with Crippen LogP contribution in [0, 0.1) is 0 Å². The lowest BCUT2D eigenvalue weighted by atomic mass is 10.0. The number of hydrogen-bond acceptors (Lipinski definition) is 3. The summed E-state index contributed by atoms with van der Waals surface area (Å²) >= 11 is 0. The molecule has 0 aliphatic carbocycles. The van der Waals surface area contributed by atoms with Crippen molar-refractivity contribution >= 4 is 11.7 Å². The van der Waals surface area contributed by atoms with Crippen LogP contribution in [-0.4, -0.2) is 20.9 Å². The molecule has 0 spiro atoms. The van der Waals surface area contributed by atoms with Crippen LogP contribution in [0.3, 0.4) is 0 Å². The summed E-state index contributed by atoms with van der Waals surface area (Å²) in [6.07, 6.45) is 1.64. The van der Waals surface area contributed by atoms with E-state index in [0.29, 0.717) is 5.56 Å². The first kappa shape index (κ1) is 10.2. The molecule has 2 rings (SSSR count). The van der Waals surface area contributed by atoms with Crippen molar-refractivity contribution in [2.24, 2.45) is 7.05 Å². The number of para-hydroxylation sites is 1. The van der Waals surface area contributed by atoms with Gasteiger partial charge in [-0.05, 0) is 12.1 Å². The number of anilines is 1. The van der Waals surface area contributed by atoms with Crippen molar-refractivity contribution in [2.75, 3.05) is 5.73 Å². The largest absolute Gasteiger partial charge is 0.478 e. The third-order valence-corrected chi connectivity index (χ3v) is 2.43. The van der Waals surface area contributed by atoms with Gasteiger partial charge in [-0.15, -0.1) is 0 Å². The first-order valence-electron chi connectivity index (χ1n) is 4.71. The highest BCUT2D eigenvalue weighted by atomic mass is 16.4. The predicted molar refractivity (Wildman–Crippen MR) is 60.0 cm³/mol. The van der Waals surface area contributed by atoms with E-state index in [0.717, 1.165) is 5.69 Å². The van der Waals surface area contributed by atoms with Crippen LogP contribution in [0.1, 0.15) is 10.4 Å². The minimum absolute atomic E-state index is 0.110. The Morgan fingerprint density at radius 3 is 2.75 bits per heavy atom. The average molecular weight is 217 g/mol. The highest BCUT2D eigenvalue weighted by Gasteiger charge is 2.13. The molecule has 2 aromatic rings. The molecular formula is C11H11N3O2. The molecule has 3 N–H and O–H groups in total. The molecule has 0 saturated heterocycles.